The third kappa shape index (κ3) is 5.13. The maximum Gasteiger partial charge on any atom is 0.317 e. The summed E-state index contributed by atoms with van der Waals surface area (Å²) < 4.78 is 1.98. The van der Waals surface area contributed by atoms with Gasteiger partial charge < -0.3 is 19.5 Å². The van der Waals surface area contributed by atoms with Crippen LogP contribution in [0.4, 0.5) is 0 Å². The van der Waals surface area contributed by atoms with Crippen LogP contribution in [0.2, 0.25) is 0 Å². The van der Waals surface area contributed by atoms with Crippen molar-refractivity contribution in [2.45, 2.75) is 51.1 Å². The second kappa shape index (κ2) is 9.62. The molecule has 7 nitrogen and oxygen atoms in total. The maximum atomic E-state index is 13.2. The summed E-state index contributed by atoms with van der Waals surface area (Å²) in [5.74, 6) is -0.144. The number of aromatic nitrogens is 1. The number of likely N-dealkylation sites (tertiary alicyclic amines) is 2. The normalized spacial score (nSPS) is 25.1. The van der Waals surface area contributed by atoms with Crippen LogP contribution in [-0.4, -0.2) is 83.2 Å². The van der Waals surface area contributed by atoms with Crippen LogP contribution in [0.25, 0.3) is 0 Å². The van der Waals surface area contributed by atoms with Crippen molar-refractivity contribution >= 4 is 5.97 Å². The molecule has 0 aromatic carbocycles. The number of carboxylic acid groups (broad SMARTS) is 1. The van der Waals surface area contributed by atoms with E-state index in [0.29, 0.717) is 19.0 Å². The molecule has 0 unspecified atom stereocenters. The number of hydrogen-bond acceptors (Lipinski definition) is 5. The number of pyridine rings is 1. The van der Waals surface area contributed by atoms with Crippen molar-refractivity contribution in [3.8, 4) is 0 Å². The number of piperidine rings is 1. The highest BCUT2D eigenvalue weighted by Gasteiger charge is 2.35. The fraction of sp³-hybridized carbons (Fsp3) is 0.739. The zero-order chi connectivity index (χ0) is 21.1. The molecule has 3 aliphatic heterocycles. The molecule has 166 valence electrons. The van der Waals surface area contributed by atoms with Crippen LogP contribution < -0.4 is 5.56 Å². The first-order valence-electron chi connectivity index (χ1n) is 11.6. The molecular formula is C23H36N4O3. The van der Waals surface area contributed by atoms with Gasteiger partial charge in [0.1, 0.15) is 0 Å². The average molecular weight is 417 g/mol. The molecule has 1 aromatic rings. The minimum atomic E-state index is -0.772. The SMILES string of the molecule is CN(CCN1CCCCCC1)Cc1ccc2n(c1=O)C[C@H]1C[C@@H]2CN(CC(=O)O)C1. The molecule has 2 fully saturated rings. The third-order valence-corrected chi connectivity index (χ3v) is 7.05. The minimum Gasteiger partial charge on any atom is -0.480 e. The summed E-state index contributed by atoms with van der Waals surface area (Å²) in [6.45, 7) is 7.47. The third-order valence-electron chi connectivity index (χ3n) is 7.05. The van der Waals surface area contributed by atoms with Gasteiger partial charge in [-0.1, -0.05) is 18.9 Å². The lowest BCUT2D eigenvalue weighted by atomic mass is 9.83. The van der Waals surface area contributed by atoms with E-state index in [1.807, 2.05) is 15.5 Å². The lowest BCUT2D eigenvalue weighted by molar-refractivity contribution is -0.139. The average Bonchev–Trinajstić information content (AvgIpc) is 2.97. The van der Waals surface area contributed by atoms with E-state index in [-0.39, 0.29) is 18.0 Å². The number of fused-ring (bicyclic) bond motifs is 4. The van der Waals surface area contributed by atoms with E-state index < -0.39 is 5.97 Å². The summed E-state index contributed by atoms with van der Waals surface area (Å²) in [5.41, 5.74) is 2.11. The first kappa shape index (κ1) is 21.5. The van der Waals surface area contributed by atoms with Crippen LogP contribution >= 0.6 is 0 Å². The topological polar surface area (TPSA) is 69.0 Å². The van der Waals surface area contributed by atoms with Crippen LogP contribution in [0.15, 0.2) is 16.9 Å². The van der Waals surface area contributed by atoms with Crippen LogP contribution in [0.5, 0.6) is 0 Å². The monoisotopic (exact) mass is 416 g/mol. The zero-order valence-corrected chi connectivity index (χ0v) is 18.3. The number of hydrogen-bond donors (Lipinski definition) is 1. The van der Waals surface area contributed by atoms with Crippen molar-refractivity contribution in [2.75, 3.05) is 52.9 Å². The molecule has 4 heterocycles. The Morgan fingerprint density at radius 3 is 2.60 bits per heavy atom. The molecule has 0 amide bonds. The van der Waals surface area contributed by atoms with Gasteiger partial charge in [0.25, 0.3) is 5.56 Å². The van der Waals surface area contributed by atoms with Crippen LogP contribution in [0, 0.1) is 5.92 Å². The standard InChI is InChI=1S/C23H36N4O3/c1-24(10-11-25-8-4-2-3-5-9-25)15-19-6-7-21-20-12-18(14-27(21)23(19)30)13-26(16-20)17-22(28)29/h6-7,18,20H,2-5,8-17H2,1H3,(H,28,29)/t18-,20+/m0/s1. The Labute approximate surface area is 179 Å². The highest BCUT2D eigenvalue weighted by molar-refractivity contribution is 5.69. The molecule has 1 aromatic heterocycles. The van der Waals surface area contributed by atoms with Gasteiger partial charge in [-0.25, -0.2) is 0 Å². The van der Waals surface area contributed by atoms with Gasteiger partial charge in [0, 0.05) is 56.4 Å². The van der Waals surface area contributed by atoms with Crippen molar-refractivity contribution in [3.05, 3.63) is 33.7 Å². The Kier molecular flexibility index (Phi) is 6.91. The lowest BCUT2D eigenvalue weighted by Crippen LogP contribution is -2.48. The van der Waals surface area contributed by atoms with Gasteiger partial charge in [-0.2, -0.15) is 0 Å². The predicted molar refractivity (Wildman–Crippen MR) is 117 cm³/mol. The highest BCUT2D eigenvalue weighted by atomic mass is 16.4. The van der Waals surface area contributed by atoms with Crippen molar-refractivity contribution in [1.82, 2.24) is 19.3 Å². The molecule has 0 aliphatic carbocycles. The zero-order valence-electron chi connectivity index (χ0n) is 18.3. The molecule has 30 heavy (non-hydrogen) atoms. The van der Waals surface area contributed by atoms with Gasteiger partial charge in [0.2, 0.25) is 0 Å². The molecule has 2 atom stereocenters. The fourth-order valence-corrected chi connectivity index (χ4v) is 5.57. The Balaban J connectivity index is 1.39. The second-order valence-corrected chi connectivity index (χ2v) is 9.58. The first-order valence-corrected chi connectivity index (χ1v) is 11.6. The fourth-order valence-electron chi connectivity index (χ4n) is 5.57. The number of nitrogens with zero attached hydrogens (tertiary/aromatic N) is 4. The van der Waals surface area contributed by atoms with Gasteiger partial charge in [-0.15, -0.1) is 0 Å². The number of likely N-dealkylation sites (N-methyl/N-ethyl adjacent to an activating group) is 1. The Morgan fingerprint density at radius 1 is 1.10 bits per heavy atom. The molecule has 1 N–H and O–H groups in total. The van der Waals surface area contributed by atoms with E-state index in [1.54, 1.807) is 0 Å². The van der Waals surface area contributed by atoms with Gasteiger partial charge in [0.05, 0.1) is 6.54 Å². The Hall–Kier alpha value is -1.70. The summed E-state index contributed by atoms with van der Waals surface area (Å²) in [5, 5.41) is 9.12. The first-order chi connectivity index (χ1) is 14.5. The molecule has 0 saturated carbocycles. The van der Waals surface area contributed by atoms with E-state index in [4.69, 9.17) is 5.11 Å². The Bertz CT molecular complexity index is 800. The van der Waals surface area contributed by atoms with Crippen molar-refractivity contribution in [1.29, 1.82) is 0 Å². The largest absolute Gasteiger partial charge is 0.480 e. The van der Waals surface area contributed by atoms with E-state index >= 15 is 0 Å². The number of carbonyl (C=O) groups is 1. The summed E-state index contributed by atoms with van der Waals surface area (Å²) in [6, 6.07) is 4.12. The van der Waals surface area contributed by atoms with Gasteiger partial charge >= 0.3 is 5.97 Å². The van der Waals surface area contributed by atoms with Crippen LogP contribution in [0.3, 0.4) is 0 Å². The molecule has 2 saturated heterocycles. The molecule has 0 radical (unpaired) electrons. The van der Waals surface area contributed by atoms with Crippen molar-refractivity contribution in [2.24, 2.45) is 5.92 Å². The number of aliphatic carboxylic acids is 1. The van der Waals surface area contributed by atoms with Gasteiger partial charge in [-0.05, 0) is 51.4 Å². The highest BCUT2D eigenvalue weighted by Crippen LogP contribution is 2.35. The molecular weight excluding hydrogens is 380 g/mol. The lowest BCUT2D eigenvalue weighted by Gasteiger charge is -2.42. The molecule has 3 aliphatic rings. The van der Waals surface area contributed by atoms with Crippen molar-refractivity contribution < 1.29 is 9.90 Å². The minimum absolute atomic E-state index is 0.0944. The quantitative estimate of drug-likeness (QED) is 0.729. The van der Waals surface area contributed by atoms with E-state index in [1.165, 1.54) is 38.8 Å². The summed E-state index contributed by atoms with van der Waals surface area (Å²) in [6.07, 6.45) is 6.39. The maximum absolute atomic E-state index is 13.2. The predicted octanol–water partition coefficient (Wildman–Crippen LogP) is 1.66. The summed E-state index contributed by atoms with van der Waals surface area (Å²) in [4.78, 5) is 31.2. The number of rotatable bonds is 7. The van der Waals surface area contributed by atoms with Crippen molar-refractivity contribution in [3.63, 3.8) is 0 Å². The van der Waals surface area contributed by atoms with Crippen LogP contribution in [-0.2, 0) is 17.9 Å². The molecule has 2 bridgehead atoms. The smallest absolute Gasteiger partial charge is 0.317 e. The number of carboxylic acids is 1. The second-order valence-electron chi connectivity index (χ2n) is 9.58. The van der Waals surface area contributed by atoms with E-state index in [0.717, 1.165) is 43.9 Å². The summed E-state index contributed by atoms with van der Waals surface area (Å²) in [7, 11) is 2.11. The van der Waals surface area contributed by atoms with Gasteiger partial charge in [0.15, 0.2) is 0 Å². The molecule has 0 spiro atoms. The Morgan fingerprint density at radius 2 is 1.87 bits per heavy atom. The van der Waals surface area contributed by atoms with Gasteiger partial charge in [-0.3, -0.25) is 14.5 Å². The molecule has 4 rings (SSSR count). The van der Waals surface area contributed by atoms with E-state index in [9.17, 15) is 9.59 Å². The molecule has 7 heteroatoms. The van der Waals surface area contributed by atoms with Crippen LogP contribution in [0.1, 0.15) is 49.3 Å². The summed E-state index contributed by atoms with van der Waals surface area (Å²) >= 11 is 0. The van der Waals surface area contributed by atoms with E-state index in [2.05, 4.69) is 22.9 Å².